The molecule has 0 aliphatic carbocycles. The van der Waals surface area contributed by atoms with Gasteiger partial charge in [-0.1, -0.05) is 33.6 Å². The van der Waals surface area contributed by atoms with Crippen LogP contribution in [0.2, 0.25) is 5.02 Å². The van der Waals surface area contributed by atoms with Gasteiger partial charge in [-0.05, 0) is 18.6 Å². The van der Waals surface area contributed by atoms with Crippen LogP contribution in [-0.2, 0) is 16.0 Å². The number of hydrogen-bond donors (Lipinski definition) is 1. The Morgan fingerprint density at radius 2 is 2.32 bits per heavy atom. The number of benzene rings is 1. The van der Waals surface area contributed by atoms with Crippen molar-refractivity contribution in [2.75, 3.05) is 19.0 Å². The van der Waals surface area contributed by atoms with Crippen LogP contribution in [0, 0.1) is 5.82 Å². The molecule has 0 saturated heterocycles. The Hall–Kier alpha value is -0.650. The van der Waals surface area contributed by atoms with Gasteiger partial charge in [-0.15, -0.1) is 0 Å². The maximum atomic E-state index is 13.5. The molecular formula is C13H16BrClFNO2. The van der Waals surface area contributed by atoms with Crippen LogP contribution >= 0.6 is 27.5 Å². The fraction of sp³-hybridized carbons (Fsp3) is 0.462. The number of alkyl halides is 1. The fourth-order valence-corrected chi connectivity index (χ4v) is 2.45. The van der Waals surface area contributed by atoms with E-state index in [1.54, 1.807) is 13.2 Å². The van der Waals surface area contributed by atoms with Crippen molar-refractivity contribution < 1.29 is 13.9 Å². The lowest BCUT2D eigenvalue weighted by atomic mass is 10.1. The Morgan fingerprint density at radius 1 is 1.58 bits per heavy atom. The first kappa shape index (κ1) is 16.4. The smallest absolute Gasteiger partial charge is 0.224 e. The summed E-state index contributed by atoms with van der Waals surface area (Å²) >= 11 is 9.19. The first-order valence-electron chi connectivity index (χ1n) is 5.85. The van der Waals surface area contributed by atoms with E-state index in [-0.39, 0.29) is 29.0 Å². The monoisotopic (exact) mass is 351 g/mol. The van der Waals surface area contributed by atoms with Crippen molar-refractivity contribution in [3.63, 3.8) is 0 Å². The molecule has 0 radical (unpaired) electrons. The molecule has 1 N–H and O–H groups in total. The summed E-state index contributed by atoms with van der Waals surface area (Å²) in [4.78, 5) is 11.9. The number of carbonyl (C=O) groups is 1. The van der Waals surface area contributed by atoms with Gasteiger partial charge >= 0.3 is 0 Å². The van der Waals surface area contributed by atoms with Gasteiger partial charge in [-0.25, -0.2) is 4.39 Å². The average molecular weight is 353 g/mol. The highest BCUT2D eigenvalue weighted by atomic mass is 79.9. The van der Waals surface area contributed by atoms with E-state index >= 15 is 0 Å². The van der Waals surface area contributed by atoms with Crippen LogP contribution in [0.3, 0.4) is 0 Å². The lowest BCUT2D eigenvalue weighted by molar-refractivity contribution is -0.121. The van der Waals surface area contributed by atoms with Crippen LogP contribution in [-0.4, -0.2) is 31.0 Å². The Bertz CT molecular complexity index is 405. The summed E-state index contributed by atoms with van der Waals surface area (Å²) in [6, 6.07) is 4.28. The maximum Gasteiger partial charge on any atom is 0.224 e. The molecule has 1 rings (SSSR count). The first-order valence-corrected chi connectivity index (χ1v) is 7.35. The molecule has 1 aromatic rings. The summed E-state index contributed by atoms with van der Waals surface area (Å²) in [6.45, 7) is 0.419. The number of methoxy groups -OCH3 is 1. The molecule has 6 heteroatoms. The van der Waals surface area contributed by atoms with Crippen molar-refractivity contribution >= 4 is 33.4 Å². The van der Waals surface area contributed by atoms with Crippen molar-refractivity contribution in [3.8, 4) is 0 Å². The highest BCUT2D eigenvalue weighted by molar-refractivity contribution is 9.09. The molecule has 1 atom stereocenters. The van der Waals surface area contributed by atoms with Crippen LogP contribution in [0.1, 0.15) is 12.0 Å². The topological polar surface area (TPSA) is 38.3 Å². The first-order chi connectivity index (χ1) is 9.08. The Kier molecular flexibility index (Phi) is 7.34. The Labute approximate surface area is 125 Å². The van der Waals surface area contributed by atoms with Crippen molar-refractivity contribution in [3.05, 3.63) is 34.6 Å². The van der Waals surface area contributed by atoms with Gasteiger partial charge in [0.1, 0.15) is 5.82 Å². The van der Waals surface area contributed by atoms with Crippen LogP contribution in [0.15, 0.2) is 18.2 Å². The molecule has 0 bridgehead atoms. The second kappa shape index (κ2) is 8.51. The second-order valence-corrected chi connectivity index (χ2v) is 5.27. The van der Waals surface area contributed by atoms with Gasteiger partial charge in [0.25, 0.3) is 0 Å². The van der Waals surface area contributed by atoms with Gasteiger partial charge in [0, 0.05) is 23.0 Å². The molecule has 0 aromatic heterocycles. The van der Waals surface area contributed by atoms with E-state index in [9.17, 15) is 9.18 Å². The van der Waals surface area contributed by atoms with Crippen molar-refractivity contribution in [1.82, 2.24) is 5.32 Å². The highest BCUT2D eigenvalue weighted by Gasteiger charge is 2.15. The van der Waals surface area contributed by atoms with Gasteiger partial charge in [-0.2, -0.15) is 0 Å². The zero-order chi connectivity index (χ0) is 14.3. The largest absolute Gasteiger partial charge is 0.383 e. The van der Waals surface area contributed by atoms with E-state index in [2.05, 4.69) is 21.2 Å². The SMILES string of the molecule is COCC(CCBr)NC(=O)Cc1c(F)cccc1Cl. The number of halogens is 3. The molecule has 1 unspecified atom stereocenters. The summed E-state index contributed by atoms with van der Waals surface area (Å²) in [5.41, 5.74) is 0.219. The number of amides is 1. The maximum absolute atomic E-state index is 13.5. The molecule has 0 spiro atoms. The Morgan fingerprint density at radius 3 is 2.89 bits per heavy atom. The summed E-state index contributed by atoms with van der Waals surface area (Å²) in [5, 5.41) is 3.82. The zero-order valence-electron chi connectivity index (χ0n) is 10.6. The third-order valence-electron chi connectivity index (χ3n) is 2.59. The molecule has 0 aliphatic rings. The van der Waals surface area contributed by atoms with Crippen molar-refractivity contribution in [1.29, 1.82) is 0 Å². The van der Waals surface area contributed by atoms with Crippen LogP contribution < -0.4 is 5.32 Å². The molecular weight excluding hydrogens is 337 g/mol. The second-order valence-electron chi connectivity index (χ2n) is 4.07. The van der Waals surface area contributed by atoms with Crippen LogP contribution in [0.4, 0.5) is 4.39 Å². The van der Waals surface area contributed by atoms with Gasteiger partial charge in [-0.3, -0.25) is 4.79 Å². The van der Waals surface area contributed by atoms with Gasteiger partial charge in [0.2, 0.25) is 5.91 Å². The van der Waals surface area contributed by atoms with Gasteiger partial charge < -0.3 is 10.1 Å². The van der Waals surface area contributed by atoms with Crippen molar-refractivity contribution in [2.45, 2.75) is 18.9 Å². The number of carbonyl (C=O) groups excluding carboxylic acids is 1. The molecule has 19 heavy (non-hydrogen) atoms. The lowest BCUT2D eigenvalue weighted by Gasteiger charge is -2.17. The summed E-state index contributed by atoms with van der Waals surface area (Å²) in [7, 11) is 1.57. The number of hydrogen-bond acceptors (Lipinski definition) is 2. The average Bonchev–Trinajstić information content (AvgIpc) is 2.35. The van der Waals surface area contributed by atoms with E-state index in [0.29, 0.717) is 6.61 Å². The quantitative estimate of drug-likeness (QED) is 0.766. The third-order valence-corrected chi connectivity index (χ3v) is 3.40. The third kappa shape index (κ3) is 5.47. The van der Waals surface area contributed by atoms with E-state index < -0.39 is 5.82 Å². The normalized spacial score (nSPS) is 12.2. The molecule has 0 aliphatic heterocycles. The standard InChI is InChI=1S/C13H16BrClFNO2/c1-19-8-9(5-6-14)17-13(18)7-10-11(15)3-2-4-12(10)16/h2-4,9H,5-8H2,1H3,(H,17,18). The molecule has 0 fully saturated rings. The Balaban J connectivity index is 2.63. The lowest BCUT2D eigenvalue weighted by Crippen LogP contribution is -2.39. The minimum atomic E-state index is -0.466. The van der Waals surface area contributed by atoms with E-state index in [0.717, 1.165) is 11.8 Å². The van der Waals surface area contributed by atoms with Crippen LogP contribution in [0.5, 0.6) is 0 Å². The highest BCUT2D eigenvalue weighted by Crippen LogP contribution is 2.19. The van der Waals surface area contributed by atoms with Gasteiger partial charge in [0.15, 0.2) is 0 Å². The molecule has 0 saturated carbocycles. The minimum Gasteiger partial charge on any atom is -0.383 e. The number of rotatable bonds is 7. The van der Waals surface area contributed by atoms with E-state index in [4.69, 9.17) is 16.3 Å². The van der Waals surface area contributed by atoms with E-state index in [1.165, 1.54) is 12.1 Å². The van der Waals surface area contributed by atoms with Crippen molar-refractivity contribution in [2.24, 2.45) is 0 Å². The van der Waals surface area contributed by atoms with Crippen LogP contribution in [0.25, 0.3) is 0 Å². The summed E-state index contributed by atoms with van der Waals surface area (Å²) in [6.07, 6.45) is 0.665. The summed E-state index contributed by atoms with van der Waals surface area (Å²) < 4.78 is 18.6. The number of ether oxygens (including phenoxy) is 1. The zero-order valence-corrected chi connectivity index (χ0v) is 12.9. The number of nitrogens with one attached hydrogen (secondary N) is 1. The molecule has 3 nitrogen and oxygen atoms in total. The predicted molar refractivity (Wildman–Crippen MR) is 77.3 cm³/mol. The molecule has 106 valence electrons. The minimum absolute atomic E-state index is 0.0754. The molecule has 1 amide bonds. The van der Waals surface area contributed by atoms with E-state index in [1.807, 2.05) is 0 Å². The summed E-state index contributed by atoms with van der Waals surface area (Å²) in [5.74, 6) is -0.735. The molecule has 1 aromatic carbocycles. The predicted octanol–water partition coefficient (Wildman–Crippen LogP) is 2.94. The fourth-order valence-electron chi connectivity index (χ4n) is 1.67. The van der Waals surface area contributed by atoms with Gasteiger partial charge in [0.05, 0.1) is 19.1 Å². The molecule has 0 heterocycles.